The third-order valence-corrected chi connectivity index (χ3v) is 14.9. The zero-order valence-electron chi connectivity index (χ0n) is 28.1. The highest BCUT2D eigenvalue weighted by Gasteiger charge is 2.20. The van der Waals surface area contributed by atoms with Crippen molar-refractivity contribution in [3.63, 3.8) is 0 Å². The lowest BCUT2D eigenvalue weighted by atomic mass is 10.1. The average molecular weight is 727 g/mol. The summed E-state index contributed by atoms with van der Waals surface area (Å²) in [6, 6.07) is 58.9. The van der Waals surface area contributed by atoms with Crippen molar-refractivity contribution in [3.05, 3.63) is 158 Å². The molecule has 13 aromatic rings. The van der Waals surface area contributed by atoms with Crippen LogP contribution in [0.4, 0.5) is 0 Å². The second-order valence-corrected chi connectivity index (χ2v) is 17.2. The third kappa shape index (κ3) is 3.76. The van der Waals surface area contributed by atoms with E-state index in [2.05, 4.69) is 167 Å². The Morgan fingerprint density at radius 1 is 0.283 bits per heavy atom. The minimum Gasteiger partial charge on any atom is -0.308 e. The second-order valence-electron chi connectivity index (χ2n) is 14.0. The molecule has 0 atom stereocenters. The number of thiophene rings is 3. The molecule has 0 fully saturated rings. The molecule has 0 bridgehead atoms. The Morgan fingerprint density at radius 2 is 0.679 bits per heavy atom. The van der Waals surface area contributed by atoms with Crippen LogP contribution >= 0.6 is 34.0 Å². The second kappa shape index (κ2) is 10.3. The van der Waals surface area contributed by atoms with Crippen LogP contribution in [-0.4, -0.2) is 9.13 Å². The van der Waals surface area contributed by atoms with Crippen LogP contribution in [-0.2, 0) is 0 Å². The van der Waals surface area contributed by atoms with Gasteiger partial charge in [0, 0.05) is 84.0 Å². The normalized spacial score (nSPS) is 12.5. The Morgan fingerprint density at radius 3 is 1.17 bits per heavy atom. The van der Waals surface area contributed by atoms with Gasteiger partial charge in [-0.3, -0.25) is 0 Å². The molecule has 53 heavy (non-hydrogen) atoms. The number of hydrogen-bond donors (Lipinski definition) is 0. The molecule has 0 unspecified atom stereocenters. The molecule has 0 aliphatic heterocycles. The van der Waals surface area contributed by atoms with Gasteiger partial charge in [0.2, 0.25) is 0 Å². The van der Waals surface area contributed by atoms with Crippen molar-refractivity contribution < 1.29 is 0 Å². The van der Waals surface area contributed by atoms with Crippen molar-refractivity contribution in [2.75, 3.05) is 0 Å². The van der Waals surface area contributed by atoms with Crippen LogP contribution in [0.3, 0.4) is 0 Å². The molecule has 0 radical (unpaired) electrons. The molecule has 0 saturated carbocycles. The fourth-order valence-corrected chi connectivity index (χ4v) is 12.6. The predicted molar refractivity (Wildman–Crippen MR) is 234 cm³/mol. The zero-order chi connectivity index (χ0) is 34.4. The molecule has 0 aliphatic rings. The van der Waals surface area contributed by atoms with E-state index >= 15 is 0 Å². The maximum absolute atomic E-state index is 2.51. The van der Waals surface area contributed by atoms with Gasteiger partial charge in [0.25, 0.3) is 0 Å². The number of hydrogen-bond acceptors (Lipinski definition) is 3. The summed E-state index contributed by atoms with van der Waals surface area (Å²) in [6.45, 7) is 0. The van der Waals surface area contributed by atoms with E-state index in [1.165, 1.54) is 116 Å². The summed E-state index contributed by atoms with van der Waals surface area (Å²) in [5.74, 6) is 0. The number of para-hydroxylation sites is 2. The monoisotopic (exact) mass is 726 g/mol. The summed E-state index contributed by atoms with van der Waals surface area (Å²) >= 11 is 5.70. The molecule has 13 rings (SSSR count). The smallest absolute Gasteiger partial charge is 0.0719 e. The van der Waals surface area contributed by atoms with E-state index in [0.717, 1.165) is 0 Å². The van der Waals surface area contributed by atoms with Crippen molar-refractivity contribution in [1.29, 1.82) is 0 Å². The maximum Gasteiger partial charge on any atom is 0.0719 e. The topological polar surface area (TPSA) is 9.86 Å². The lowest BCUT2D eigenvalue weighted by Gasteiger charge is -2.10. The molecule has 5 heterocycles. The summed E-state index contributed by atoms with van der Waals surface area (Å²) < 4.78 is 13.0. The lowest BCUT2D eigenvalue weighted by Crippen LogP contribution is -1.94. The van der Waals surface area contributed by atoms with Gasteiger partial charge in [-0.15, -0.1) is 34.0 Å². The van der Waals surface area contributed by atoms with E-state index in [9.17, 15) is 0 Å². The quantitative estimate of drug-likeness (QED) is 0.168. The highest BCUT2D eigenvalue weighted by Crippen LogP contribution is 2.46. The average Bonchev–Trinajstić information content (AvgIpc) is 4.01. The van der Waals surface area contributed by atoms with Gasteiger partial charge in [0.1, 0.15) is 0 Å². The van der Waals surface area contributed by atoms with Crippen molar-refractivity contribution in [2.45, 2.75) is 0 Å². The van der Waals surface area contributed by atoms with E-state index in [1.807, 2.05) is 34.0 Å². The van der Waals surface area contributed by atoms with Gasteiger partial charge >= 0.3 is 0 Å². The molecular formula is C48H26N2S3. The first kappa shape index (κ1) is 28.6. The highest BCUT2D eigenvalue weighted by molar-refractivity contribution is 7.27. The van der Waals surface area contributed by atoms with Crippen LogP contribution in [0.15, 0.2) is 158 Å². The minimum atomic E-state index is 1.20. The summed E-state index contributed by atoms with van der Waals surface area (Å²) in [5.41, 5.74) is 7.46. The van der Waals surface area contributed by atoms with E-state index in [4.69, 9.17) is 0 Å². The Labute approximate surface area is 314 Å². The molecule has 0 spiro atoms. The molecule has 2 nitrogen and oxygen atoms in total. The molecule has 0 saturated heterocycles. The SMILES string of the molecule is c1ccc2c(c1)sc1c2ccc2c3ccccc3n(-c3ccc4sc5ccc(-n6c7ccccc7c7ccc8c9ccccc9sc8c76)cc5c4c3)c21. The van der Waals surface area contributed by atoms with Gasteiger partial charge in [-0.05, 0) is 60.7 Å². The molecule has 8 aromatic carbocycles. The minimum absolute atomic E-state index is 1.20. The summed E-state index contributed by atoms with van der Waals surface area (Å²) in [7, 11) is 0. The number of rotatable bonds is 2. The van der Waals surface area contributed by atoms with Gasteiger partial charge in [-0.1, -0.05) is 97.1 Å². The van der Waals surface area contributed by atoms with Crippen molar-refractivity contribution in [1.82, 2.24) is 9.13 Å². The first-order valence-corrected chi connectivity index (χ1v) is 20.4. The number of benzene rings is 8. The Balaban J connectivity index is 1.10. The van der Waals surface area contributed by atoms with Crippen LogP contribution in [0.5, 0.6) is 0 Å². The summed E-state index contributed by atoms with van der Waals surface area (Å²) in [4.78, 5) is 0. The van der Waals surface area contributed by atoms with Crippen molar-refractivity contribution in [2.24, 2.45) is 0 Å². The van der Waals surface area contributed by atoms with Gasteiger partial charge < -0.3 is 9.13 Å². The Hall–Kier alpha value is -5.98. The van der Waals surface area contributed by atoms with Crippen molar-refractivity contribution in [3.8, 4) is 11.4 Å². The molecule has 5 aromatic heterocycles. The maximum atomic E-state index is 2.51. The van der Waals surface area contributed by atoms with E-state index < -0.39 is 0 Å². The van der Waals surface area contributed by atoms with Crippen LogP contribution in [0, 0.1) is 0 Å². The van der Waals surface area contributed by atoms with Crippen molar-refractivity contribution >= 4 is 138 Å². The first-order chi connectivity index (χ1) is 26.3. The molecule has 5 heteroatoms. The van der Waals surface area contributed by atoms with Gasteiger partial charge in [-0.2, -0.15) is 0 Å². The van der Waals surface area contributed by atoms with E-state index in [0.29, 0.717) is 0 Å². The zero-order valence-corrected chi connectivity index (χ0v) is 30.6. The first-order valence-electron chi connectivity index (χ1n) is 17.9. The van der Waals surface area contributed by atoms with Gasteiger partial charge in [0.15, 0.2) is 0 Å². The van der Waals surface area contributed by atoms with E-state index in [-0.39, 0.29) is 0 Å². The summed E-state index contributed by atoms with van der Waals surface area (Å²) in [6.07, 6.45) is 0. The molecule has 0 amide bonds. The van der Waals surface area contributed by atoms with Crippen LogP contribution in [0.25, 0.3) is 116 Å². The number of aromatic nitrogens is 2. The molecule has 0 aliphatic carbocycles. The standard InChI is InChI=1S/C48H26N2S3/c1-5-13-39-29(9-1)33-19-21-35-31-11-3-7-15-41(31)52-47(35)45(33)49(39)27-17-23-43-37(25-27)38-26-28(18-24-44(38)51-43)50-40-14-6-2-10-30(40)34-20-22-36-32-12-4-8-16-42(32)53-48(36)46(34)50/h1-26H. The fraction of sp³-hybridized carbons (Fsp3) is 0. The molecule has 0 N–H and O–H groups in total. The Bertz CT molecular complexity index is 3450. The van der Waals surface area contributed by atoms with Gasteiger partial charge in [0.05, 0.1) is 31.5 Å². The third-order valence-electron chi connectivity index (χ3n) is 11.3. The largest absolute Gasteiger partial charge is 0.308 e. The van der Waals surface area contributed by atoms with Crippen LogP contribution in [0.2, 0.25) is 0 Å². The van der Waals surface area contributed by atoms with Crippen LogP contribution < -0.4 is 0 Å². The number of nitrogens with zero attached hydrogens (tertiary/aromatic N) is 2. The van der Waals surface area contributed by atoms with Crippen LogP contribution in [0.1, 0.15) is 0 Å². The molecular weight excluding hydrogens is 701 g/mol. The fourth-order valence-electron chi connectivity index (χ4n) is 9.03. The number of fused-ring (bicyclic) bond motifs is 17. The predicted octanol–water partition coefficient (Wildman–Crippen LogP) is 15.0. The lowest BCUT2D eigenvalue weighted by molar-refractivity contribution is 1.19. The highest BCUT2D eigenvalue weighted by atomic mass is 32.1. The van der Waals surface area contributed by atoms with E-state index in [1.54, 1.807) is 0 Å². The van der Waals surface area contributed by atoms with Gasteiger partial charge in [-0.25, -0.2) is 0 Å². The Kier molecular flexibility index (Phi) is 5.57. The molecule has 246 valence electrons. The summed E-state index contributed by atoms with van der Waals surface area (Å²) in [5, 5.41) is 13.1.